The van der Waals surface area contributed by atoms with Crippen molar-refractivity contribution in [3.05, 3.63) is 17.7 Å². The first kappa shape index (κ1) is 9.84. The molecule has 1 aromatic rings. The van der Waals surface area contributed by atoms with E-state index in [-0.39, 0.29) is 0 Å². The molecule has 0 amide bonds. The van der Waals surface area contributed by atoms with Crippen LogP contribution in [0.25, 0.3) is 0 Å². The van der Waals surface area contributed by atoms with Crippen molar-refractivity contribution >= 4 is 11.6 Å². The summed E-state index contributed by atoms with van der Waals surface area (Å²) in [5, 5.41) is 0. The molecule has 0 fully saturated rings. The minimum Gasteiger partial charge on any atom is -0.384 e. The molecule has 13 heavy (non-hydrogen) atoms. The number of anilines is 2. The van der Waals surface area contributed by atoms with Gasteiger partial charge in [0.05, 0.1) is 0 Å². The maximum absolute atomic E-state index is 5.57. The Hall–Kier alpha value is -1.25. The van der Waals surface area contributed by atoms with Gasteiger partial charge in [0.1, 0.15) is 11.6 Å². The van der Waals surface area contributed by atoms with E-state index in [1.165, 1.54) is 5.56 Å². The highest BCUT2D eigenvalue weighted by Gasteiger charge is 1.99. The summed E-state index contributed by atoms with van der Waals surface area (Å²) in [4.78, 5) is 3.92. The smallest absolute Gasteiger partial charge is 0.126 e. The van der Waals surface area contributed by atoms with E-state index >= 15 is 0 Å². The van der Waals surface area contributed by atoms with Crippen molar-refractivity contribution in [1.29, 1.82) is 0 Å². The number of nitrogen functional groups attached to an aromatic ring is 2. The first-order valence-corrected chi connectivity index (χ1v) is 4.60. The van der Waals surface area contributed by atoms with Gasteiger partial charge in [-0.15, -0.1) is 0 Å². The summed E-state index contributed by atoms with van der Waals surface area (Å²) >= 11 is 0. The van der Waals surface area contributed by atoms with Crippen molar-refractivity contribution in [1.82, 2.24) is 4.98 Å². The van der Waals surface area contributed by atoms with Crippen LogP contribution >= 0.6 is 0 Å². The maximum Gasteiger partial charge on any atom is 0.126 e. The fraction of sp³-hybridized carbons (Fsp3) is 0.500. The van der Waals surface area contributed by atoms with Gasteiger partial charge in [0.25, 0.3) is 0 Å². The van der Waals surface area contributed by atoms with E-state index in [1.54, 1.807) is 0 Å². The van der Waals surface area contributed by atoms with E-state index in [0.717, 1.165) is 12.8 Å². The van der Waals surface area contributed by atoms with Crippen LogP contribution in [0.1, 0.15) is 25.8 Å². The molecule has 1 heterocycles. The largest absolute Gasteiger partial charge is 0.384 e. The summed E-state index contributed by atoms with van der Waals surface area (Å²) in [6.45, 7) is 4.40. The molecule has 0 aliphatic carbocycles. The molecule has 0 unspecified atom stereocenters. The van der Waals surface area contributed by atoms with Crippen LogP contribution in [0.4, 0.5) is 11.6 Å². The number of nitrogens with two attached hydrogens (primary N) is 2. The third-order valence-electron chi connectivity index (χ3n) is 1.94. The average molecular weight is 179 g/mol. The molecule has 3 heteroatoms. The van der Waals surface area contributed by atoms with Gasteiger partial charge >= 0.3 is 0 Å². The van der Waals surface area contributed by atoms with Gasteiger partial charge in [-0.25, -0.2) is 4.98 Å². The molecule has 0 bridgehead atoms. The van der Waals surface area contributed by atoms with Crippen molar-refractivity contribution in [2.75, 3.05) is 11.5 Å². The minimum absolute atomic E-state index is 0.513. The predicted octanol–water partition coefficient (Wildman–Crippen LogP) is 1.83. The molecule has 0 atom stereocenters. The molecule has 0 radical (unpaired) electrons. The fourth-order valence-electron chi connectivity index (χ4n) is 1.23. The highest BCUT2D eigenvalue weighted by atomic mass is 14.9. The zero-order valence-electron chi connectivity index (χ0n) is 8.25. The third-order valence-corrected chi connectivity index (χ3v) is 1.94. The molecule has 4 N–H and O–H groups in total. The summed E-state index contributed by atoms with van der Waals surface area (Å²) in [5.41, 5.74) is 12.3. The number of hydrogen-bond acceptors (Lipinski definition) is 3. The number of aromatic nitrogens is 1. The molecule has 1 rings (SSSR count). The number of hydrogen-bond donors (Lipinski definition) is 2. The molecule has 0 spiro atoms. The third kappa shape index (κ3) is 3.32. The fourth-order valence-corrected chi connectivity index (χ4v) is 1.23. The van der Waals surface area contributed by atoms with Gasteiger partial charge < -0.3 is 11.5 Å². The standard InChI is InChI=1S/C10H17N3/c1-7(2)3-4-8-5-9(11)13-10(12)6-8/h5-7H,3-4H2,1-2H3,(H4,11,12,13). The summed E-state index contributed by atoms with van der Waals surface area (Å²) < 4.78 is 0. The second-order valence-corrected chi connectivity index (χ2v) is 3.76. The van der Waals surface area contributed by atoms with E-state index in [4.69, 9.17) is 11.5 Å². The number of nitrogens with zero attached hydrogens (tertiary/aromatic N) is 1. The average Bonchev–Trinajstić information content (AvgIpc) is 1.99. The van der Waals surface area contributed by atoms with Crippen molar-refractivity contribution < 1.29 is 0 Å². The van der Waals surface area contributed by atoms with Gasteiger partial charge in [-0.1, -0.05) is 13.8 Å². The quantitative estimate of drug-likeness (QED) is 0.744. The van der Waals surface area contributed by atoms with E-state index in [0.29, 0.717) is 17.6 Å². The molecule has 0 saturated carbocycles. The molecular weight excluding hydrogens is 162 g/mol. The summed E-state index contributed by atoms with van der Waals surface area (Å²) in [6, 6.07) is 3.78. The van der Waals surface area contributed by atoms with Crippen molar-refractivity contribution in [2.45, 2.75) is 26.7 Å². The molecule has 0 aliphatic heterocycles. The molecule has 0 aliphatic rings. The Bertz CT molecular complexity index is 261. The lowest BCUT2D eigenvalue weighted by Gasteiger charge is -2.05. The minimum atomic E-state index is 0.513. The van der Waals surface area contributed by atoms with E-state index in [1.807, 2.05) is 12.1 Å². The Labute approximate surface area is 79.2 Å². The Morgan fingerprint density at radius 1 is 1.23 bits per heavy atom. The van der Waals surface area contributed by atoms with E-state index < -0.39 is 0 Å². The second kappa shape index (κ2) is 4.12. The zero-order chi connectivity index (χ0) is 9.84. The van der Waals surface area contributed by atoms with Gasteiger partial charge in [0.2, 0.25) is 0 Å². The number of pyridine rings is 1. The van der Waals surface area contributed by atoms with Gasteiger partial charge in [-0.05, 0) is 36.5 Å². The molecule has 1 aromatic heterocycles. The first-order chi connectivity index (χ1) is 6.08. The van der Waals surface area contributed by atoms with Crippen LogP contribution in [0, 0.1) is 5.92 Å². The van der Waals surface area contributed by atoms with Crippen molar-refractivity contribution in [2.24, 2.45) is 5.92 Å². The zero-order valence-corrected chi connectivity index (χ0v) is 8.25. The van der Waals surface area contributed by atoms with Crippen LogP contribution in [0.5, 0.6) is 0 Å². The molecule has 0 saturated heterocycles. The lowest BCUT2D eigenvalue weighted by atomic mass is 10.0. The van der Waals surface area contributed by atoms with Gasteiger partial charge in [0.15, 0.2) is 0 Å². The maximum atomic E-state index is 5.57. The van der Waals surface area contributed by atoms with Crippen LogP contribution in [0.2, 0.25) is 0 Å². The van der Waals surface area contributed by atoms with Crippen molar-refractivity contribution in [3.8, 4) is 0 Å². The molecule has 72 valence electrons. The monoisotopic (exact) mass is 179 g/mol. The molecule has 0 aromatic carbocycles. The summed E-state index contributed by atoms with van der Waals surface area (Å²) in [5.74, 6) is 1.73. The summed E-state index contributed by atoms with van der Waals surface area (Å²) in [7, 11) is 0. The summed E-state index contributed by atoms with van der Waals surface area (Å²) in [6.07, 6.45) is 2.18. The van der Waals surface area contributed by atoms with Crippen LogP contribution in [-0.4, -0.2) is 4.98 Å². The number of aryl methyl sites for hydroxylation is 1. The Morgan fingerprint density at radius 3 is 2.23 bits per heavy atom. The van der Waals surface area contributed by atoms with Crippen LogP contribution < -0.4 is 11.5 Å². The molecular formula is C10H17N3. The Kier molecular flexibility index (Phi) is 3.12. The Morgan fingerprint density at radius 2 is 1.77 bits per heavy atom. The van der Waals surface area contributed by atoms with Gasteiger partial charge in [0, 0.05) is 0 Å². The highest BCUT2D eigenvalue weighted by Crippen LogP contribution is 2.13. The van der Waals surface area contributed by atoms with E-state index in [9.17, 15) is 0 Å². The lowest BCUT2D eigenvalue weighted by molar-refractivity contribution is 0.586. The normalized spacial score (nSPS) is 10.7. The number of rotatable bonds is 3. The lowest BCUT2D eigenvalue weighted by Crippen LogP contribution is -1.99. The van der Waals surface area contributed by atoms with Gasteiger partial charge in [-0.2, -0.15) is 0 Å². The topological polar surface area (TPSA) is 64.9 Å². The first-order valence-electron chi connectivity index (χ1n) is 4.60. The van der Waals surface area contributed by atoms with Crippen molar-refractivity contribution in [3.63, 3.8) is 0 Å². The Balaban J connectivity index is 2.66. The van der Waals surface area contributed by atoms with Crippen LogP contribution in [-0.2, 0) is 6.42 Å². The van der Waals surface area contributed by atoms with Crippen LogP contribution in [0.15, 0.2) is 12.1 Å². The SMILES string of the molecule is CC(C)CCc1cc(N)nc(N)c1. The van der Waals surface area contributed by atoms with Crippen LogP contribution in [0.3, 0.4) is 0 Å². The highest BCUT2D eigenvalue weighted by molar-refractivity contribution is 5.43. The van der Waals surface area contributed by atoms with E-state index in [2.05, 4.69) is 18.8 Å². The predicted molar refractivity (Wildman–Crippen MR) is 56.2 cm³/mol. The van der Waals surface area contributed by atoms with Gasteiger partial charge in [-0.3, -0.25) is 0 Å². The second-order valence-electron chi connectivity index (χ2n) is 3.76. The molecule has 3 nitrogen and oxygen atoms in total.